The Kier molecular flexibility index (Phi) is 4.53. The second kappa shape index (κ2) is 6.34. The summed E-state index contributed by atoms with van der Waals surface area (Å²) in [5.41, 5.74) is 8.68. The van der Waals surface area contributed by atoms with E-state index in [4.69, 9.17) is 22.7 Å². The van der Waals surface area contributed by atoms with Gasteiger partial charge in [-0.2, -0.15) is 5.10 Å². The highest BCUT2D eigenvalue weighted by Gasteiger charge is 2.10. The molecule has 0 saturated heterocycles. The molecule has 0 radical (unpaired) electrons. The van der Waals surface area contributed by atoms with Crippen molar-refractivity contribution in [3.63, 3.8) is 0 Å². The summed E-state index contributed by atoms with van der Waals surface area (Å²) < 4.78 is 5.97. The molecule has 4 nitrogen and oxygen atoms in total. The molecule has 0 amide bonds. The van der Waals surface area contributed by atoms with Gasteiger partial charge in [-0.25, -0.2) is 0 Å². The number of benzene rings is 2. The number of ether oxygens (including phenoxy) is 1. The van der Waals surface area contributed by atoms with Gasteiger partial charge < -0.3 is 10.5 Å². The smallest absolute Gasteiger partial charge is 0.184 e. The average molecular weight is 287 g/mol. The van der Waals surface area contributed by atoms with Crippen molar-refractivity contribution in [3.05, 3.63) is 42.5 Å². The fourth-order valence-corrected chi connectivity index (χ4v) is 1.85. The molecule has 2 aromatic carbocycles. The van der Waals surface area contributed by atoms with Crippen LogP contribution in [0.15, 0.2) is 47.6 Å². The molecule has 5 heteroatoms. The SMILES string of the molecule is C/C(=N\NC(N)=S)C(C)Oc1cccc2ccccc12. The molecule has 0 aliphatic carbocycles. The van der Waals surface area contributed by atoms with Crippen molar-refractivity contribution in [3.8, 4) is 5.75 Å². The predicted octanol–water partition coefficient (Wildman–Crippen LogP) is 2.82. The highest BCUT2D eigenvalue weighted by Crippen LogP contribution is 2.26. The summed E-state index contributed by atoms with van der Waals surface area (Å²) in [6.45, 7) is 3.79. The number of hydrogen-bond acceptors (Lipinski definition) is 3. The Balaban J connectivity index is 2.19. The molecule has 0 aliphatic rings. The van der Waals surface area contributed by atoms with E-state index in [2.05, 4.69) is 22.7 Å². The van der Waals surface area contributed by atoms with Crippen molar-refractivity contribution >= 4 is 33.8 Å². The lowest BCUT2D eigenvalue weighted by Gasteiger charge is -2.16. The van der Waals surface area contributed by atoms with Crippen LogP contribution < -0.4 is 15.9 Å². The van der Waals surface area contributed by atoms with E-state index in [1.807, 2.05) is 44.2 Å². The minimum atomic E-state index is -0.178. The summed E-state index contributed by atoms with van der Waals surface area (Å²) in [6, 6.07) is 14.1. The van der Waals surface area contributed by atoms with Crippen LogP contribution in [0.25, 0.3) is 10.8 Å². The first kappa shape index (κ1) is 14.3. The van der Waals surface area contributed by atoms with E-state index in [9.17, 15) is 0 Å². The Labute approximate surface area is 123 Å². The van der Waals surface area contributed by atoms with E-state index < -0.39 is 0 Å². The molecule has 0 bridgehead atoms. The lowest BCUT2D eigenvalue weighted by molar-refractivity contribution is 0.289. The van der Waals surface area contributed by atoms with Crippen LogP contribution >= 0.6 is 12.2 Å². The second-order valence-corrected chi connectivity index (χ2v) is 4.91. The van der Waals surface area contributed by atoms with Crippen molar-refractivity contribution in [2.45, 2.75) is 20.0 Å². The van der Waals surface area contributed by atoms with Crippen LogP contribution in [0.2, 0.25) is 0 Å². The first-order chi connectivity index (χ1) is 9.58. The quantitative estimate of drug-likeness (QED) is 0.516. The van der Waals surface area contributed by atoms with Gasteiger partial charge in [-0.15, -0.1) is 0 Å². The van der Waals surface area contributed by atoms with E-state index in [1.54, 1.807) is 0 Å². The van der Waals surface area contributed by atoms with Gasteiger partial charge >= 0.3 is 0 Å². The Morgan fingerprint density at radius 3 is 2.70 bits per heavy atom. The highest BCUT2D eigenvalue weighted by molar-refractivity contribution is 7.80. The van der Waals surface area contributed by atoms with E-state index in [1.165, 1.54) is 0 Å². The van der Waals surface area contributed by atoms with Crippen molar-refractivity contribution in [2.24, 2.45) is 10.8 Å². The van der Waals surface area contributed by atoms with Gasteiger partial charge in [0.15, 0.2) is 5.11 Å². The molecule has 2 aromatic rings. The molecular formula is C15H17N3OS. The maximum atomic E-state index is 5.97. The summed E-state index contributed by atoms with van der Waals surface area (Å²) >= 11 is 4.71. The van der Waals surface area contributed by atoms with Crippen molar-refractivity contribution in [1.29, 1.82) is 0 Å². The Morgan fingerprint density at radius 1 is 1.25 bits per heavy atom. The molecule has 0 aliphatic heterocycles. The van der Waals surface area contributed by atoms with Crippen LogP contribution in [0.3, 0.4) is 0 Å². The van der Waals surface area contributed by atoms with Gasteiger partial charge in [0, 0.05) is 5.39 Å². The monoisotopic (exact) mass is 287 g/mol. The maximum absolute atomic E-state index is 5.97. The number of hydrazone groups is 1. The molecule has 0 heterocycles. The van der Waals surface area contributed by atoms with Gasteiger partial charge in [-0.05, 0) is 37.5 Å². The zero-order valence-electron chi connectivity index (χ0n) is 11.5. The lowest BCUT2D eigenvalue weighted by Crippen LogP contribution is -2.29. The molecular weight excluding hydrogens is 270 g/mol. The van der Waals surface area contributed by atoms with Crippen LogP contribution in [0.5, 0.6) is 5.75 Å². The van der Waals surface area contributed by atoms with Crippen molar-refractivity contribution in [1.82, 2.24) is 5.43 Å². The fraction of sp³-hybridized carbons (Fsp3) is 0.200. The van der Waals surface area contributed by atoms with Gasteiger partial charge in [0.1, 0.15) is 11.9 Å². The van der Waals surface area contributed by atoms with E-state index in [0.717, 1.165) is 22.2 Å². The van der Waals surface area contributed by atoms with E-state index in [0.29, 0.717) is 0 Å². The van der Waals surface area contributed by atoms with Gasteiger partial charge in [-0.1, -0.05) is 36.4 Å². The van der Waals surface area contributed by atoms with Crippen molar-refractivity contribution in [2.75, 3.05) is 0 Å². The first-order valence-corrected chi connectivity index (χ1v) is 6.73. The van der Waals surface area contributed by atoms with Crippen LogP contribution in [0.1, 0.15) is 13.8 Å². The average Bonchev–Trinajstić information content (AvgIpc) is 2.45. The summed E-state index contributed by atoms with van der Waals surface area (Å²) in [4.78, 5) is 0. The molecule has 20 heavy (non-hydrogen) atoms. The Morgan fingerprint density at radius 2 is 1.95 bits per heavy atom. The number of thiocarbonyl (C=S) groups is 1. The van der Waals surface area contributed by atoms with Gasteiger partial charge in [0.25, 0.3) is 0 Å². The second-order valence-electron chi connectivity index (χ2n) is 4.47. The number of hydrogen-bond donors (Lipinski definition) is 2. The zero-order valence-corrected chi connectivity index (χ0v) is 12.3. The van der Waals surface area contributed by atoms with Crippen LogP contribution in [0, 0.1) is 0 Å². The third-order valence-corrected chi connectivity index (χ3v) is 3.08. The van der Waals surface area contributed by atoms with Crippen LogP contribution in [0.4, 0.5) is 0 Å². The van der Waals surface area contributed by atoms with Crippen molar-refractivity contribution < 1.29 is 4.74 Å². The molecule has 0 fully saturated rings. The molecule has 2 rings (SSSR count). The van der Waals surface area contributed by atoms with Crippen LogP contribution in [-0.4, -0.2) is 16.9 Å². The number of fused-ring (bicyclic) bond motifs is 1. The molecule has 3 N–H and O–H groups in total. The normalized spacial score (nSPS) is 13.0. The summed E-state index contributed by atoms with van der Waals surface area (Å²) in [5, 5.41) is 6.44. The molecule has 0 saturated carbocycles. The third kappa shape index (κ3) is 3.45. The summed E-state index contributed by atoms with van der Waals surface area (Å²) in [6.07, 6.45) is -0.178. The maximum Gasteiger partial charge on any atom is 0.184 e. The summed E-state index contributed by atoms with van der Waals surface area (Å²) in [5.74, 6) is 0.834. The predicted molar refractivity (Wildman–Crippen MR) is 87.1 cm³/mol. The molecule has 0 spiro atoms. The highest BCUT2D eigenvalue weighted by atomic mass is 32.1. The van der Waals surface area contributed by atoms with Crippen LogP contribution in [-0.2, 0) is 0 Å². The zero-order chi connectivity index (χ0) is 14.5. The minimum absolute atomic E-state index is 0.140. The van der Waals surface area contributed by atoms with Gasteiger partial charge in [0.05, 0.1) is 5.71 Å². The topological polar surface area (TPSA) is 59.6 Å². The summed E-state index contributed by atoms with van der Waals surface area (Å²) in [7, 11) is 0. The van der Waals surface area contributed by atoms with E-state index in [-0.39, 0.29) is 11.2 Å². The Hall–Kier alpha value is -2.14. The standard InChI is InChI=1S/C15H17N3OS/c1-10(17-18-15(16)20)11(2)19-14-9-5-7-12-6-3-4-8-13(12)14/h3-9,11H,1-2H3,(H3,16,18,20)/b17-10+. The number of rotatable bonds is 4. The first-order valence-electron chi connectivity index (χ1n) is 6.32. The molecule has 104 valence electrons. The number of nitrogens with one attached hydrogen (secondary N) is 1. The van der Waals surface area contributed by atoms with E-state index >= 15 is 0 Å². The fourth-order valence-electron chi connectivity index (χ4n) is 1.81. The van der Waals surface area contributed by atoms with Gasteiger partial charge in [-0.3, -0.25) is 5.43 Å². The minimum Gasteiger partial charge on any atom is -0.484 e. The largest absolute Gasteiger partial charge is 0.484 e. The molecule has 1 unspecified atom stereocenters. The molecule has 1 atom stereocenters. The van der Waals surface area contributed by atoms with Gasteiger partial charge in [0.2, 0.25) is 0 Å². The Bertz CT molecular complexity index is 649. The third-order valence-electron chi connectivity index (χ3n) is 2.98. The molecule has 0 aromatic heterocycles. The lowest BCUT2D eigenvalue weighted by atomic mass is 10.1. The number of nitrogens with two attached hydrogens (primary N) is 1. The number of nitrogens with zero attached hydrogens (tertiary/aromatic N) is 1.